The molecule has 7 heteroatoms. The number of hydrogen-bond donors (Lipinski definition) is 1. The second-order valence-electron chi connectivity index (χ2n) is 7.02. The van der Waals surface area contributed by atoms with E-state index in [2.05, 4.69) is 6.58 Å². The number of ether oxygens (including phenoxy) is 3. The molecule has 0 aromatic carbocycles. The molecule has 5 atom stereocenters. The molecule has 27 heavy (non-hydrogen) atoms. The minimum Gasteiger partial charge on any atom is -0.458 e. The molecule has 4 rings (SSSR count). The molecule has 3 heterocycles. The van der Waals surface area contributed by atoms with Gasteiger partial charge in [-0.2, -0.15) is 0 Å². The minimum absolute atomic E-state index is 0.243. The highest BCUT2D eigenvalue weighted by Gasteiger charge is 2.46. The van der Waals surface area contributed by atoms with Crippen molar-refractivity contribution in [1.29, 1.82) is 0 Å². The first-order chi connectivity index (χ1) is 12.9. The fraction of sp³-hybridized carbons (Fsp3) is 0.400. The standard InChI is InChI=1S/C20H20O6S/c1-10-6-13-8-12(19(22)24-13)9-15-17(11(2)18(21)25-15)14(7-10)26-20(23)16-4-3-5-27-16/h3-5,7-8,13-15,17,20,23H,2,6,9H2,1H3/b10-7+/t13-,14-,15+,17+,20?/m1/s1. The van der Waals surface area contributed by atoms with Crippen molar-refractivity contribution in [3.63, 3.8) is 0 Å². The lowest BCUT2D eigenvalue weighted by Crippen LogP contribution is -2.32. The first-order valence-electron chi connectivity index (χ1n) is 8.78. The van der Waals surface area contributed by atoms with Gasteiger partial charge in [0, 0.05) is 24.0 Å². The molecule has 1 aromatic heterocycles. The summed E-state index contributed by atoms with van der Waals surface area (Å²) in [7, 11) is 0. The molecule has 2 bridgehead atoms. The molecule has 1 N–H and O–H groups in total. The van der Waals surface area contributed by atoms with Gasteiger partial charge in [0.05, 0.1) is 16.9 Å². The van der Waals surface area contributed by atoms with Gasteiger partial charge >= 0.3 is 11.9 Å². The van der Waals surface area contributed by atoms with Crippen LogP contribution in [0.15, 0.2) is 53.0 Å². The van der Waals surface area contributed by atoms with Crippen molar-refractivity contribution >= 4 is 23.3 Å². The monoisotopic (exact) mass is 388 g/mol. The molecule has 2 aliphatic heterocycles. The number of fused-ring (bicyclic) bond motifs is 2. The summed E-state index contributed by atoms with van der Waals surface area (Å²) in [4.78, 5) is 25.0. The number of rotatable bonds is 3. The number of aliphatic hydroxyl groups excluding tert-OH is 1. The van der Waals surface area contributed by atoms with Gasteiger partial charge in [-0.3, -0.25) is 0 Å². The molecule has 1 fully saturated rings. The van der Waals surface area contributed by atoms with E-state index in [9.17, 15) is 14.7 Å². The summed E-state index contributed by atoms with van der Waals surface area (Å²) in [6, 6.07) is 3.62. The number of thiophene rings is 1. The fourth-order valence-electron chi connectivity index (χ4n) is 3.77. The quantitative estimate of drug-likeness (QED) is 0.371. The zero-order valence-electron chi connectivity index (χ0n) is 14.8. The van der Waals surface area contributed by atoms with Gasteiger partial charge in [-0.25, -0.2) is 9.59 Å². The van der Waals surface area contributed by atoms with Gasteiger partial charge in [-0.15, -0.1) is 11.3 Å². The Bertz CT molecular complexity index is 837. The van der Waals surface area contributed by atoms with E-state index < -0.39 is 30.4 Å². The molecule has 142 valence electrons. The molecular formula is C20H20O6S. The zero-order valence-corrected chi connectivity index (χ0v) is 15.6. The third-order valence-electron chi connectivity index (χ3n) is 5.05. The fourth-order valence-corrected chi connectivity index (χ4v) is 4.42. The summed E-state index contributed by atoms with van der Waals surface area (Å²) in [6.07, 6.45) is 1.78. The molecule has 1 aliphatic carbocycles. The average molecular weight is 388 g/mol. The normalized spacial score (nSPS) is 33.5. The Morgan fingerprint density at radius 1 is 1.26 bits per heavy atom. The lowest BCUT2D eigenvalue weighted by molar-refractivity contribution is -0.147. The topological polar surface area (TPSA) is 82.1 Å². The van der Waals surface area contributed by atoms with E-state index in [0.717, 1.165) is 5.57 Å². The lowest BCUT2D eigenvalue weighted by atomic mass is 9.85. The number of hydrogen-bond acceptors (Lipinski definition) is 7. The van der Waals surface area contributed by atoms with Crippen molar-refractivity contribution in [2.45, 2.75) is 44.4 Å². The lowest BCUT2D eigenvalue weighted by Gasteiger charge is -2.28. The van der Waals surface area contributed by atoms with Crippen LogP contribution in [-0.4, -0.2) is 35.4 Å². The van der Waals surface area contributed by atoms with E-state index >= 15 is 0 Å². The molecule has 1 saturated heterocycles. The molecular weight excluding hydrogens is 368 g/mol. The van der Waals surface area contributed by atoms with Crippen LogP contribution in [0.2, 0.25) is 0 Å². The third-order valence-corrected chi connectivity index (χ3v) is 5.95. The van der Waals surface area contributed by atoms with Gasteiger partial charge in [0.2, 0.25) is 0 Å². The smallest absolute Gasteiger partial charge is 0.334 e. The van der Waals surface area contributed by atoms with E-state index in [4.69, 9.17) is 14.2 Å². The van der Waals surface area contributed by atoms with Crippen molar-refractivity contribution < 1.29 is 28.9 Å². The van der Waals surface area contributed by atoms with Crippen molar-refractivity contribution in [2.75, 3.05) is 0 Å². The van der Waals surface area contributed by atoms with Crippen molar-refractivity contribution in [3.8, 4) is 0 Å². The number of carbonyl (C=O) groups excluding carboxylic acids is 2. The van der Waals surface area contributed by atoms with E-state index in [1.54, 1.807) is 12.1 Å². The van der Waals surface area contributed by atoms with Gasteiger partial charge in [-0.05, 0) is 24.4 Å². The maximum atomic E-state index is 12.2. The van der Waals surface area contributed by atoms with E-state index in [-0.39, 0.29) is 24.1 Å². The number of esters is 2. The molecule has 0 saturated carbocycles. The predicted octanol–water partition coefficient (Wildman–Crippen LogP) is 2.81. The van der Waals surface area contributed by atoms with E-state index in [1.165, 1.54) is 11.3 Å². The van der Waals surface area contributed by atoms with Gasteiger partial charge in [0.25, 0.3) is 0 Å². The Kier molecular flexibility index (Phi) is 4.75. The Balaban J connectivity index is 1.68. The maximum absolute atomic E-state index is 12.2. The second kappa shape index (κ2) is 7.07. The number of carbonyl (C=O) groups is 2. The highest BCUT2D eigenvalue weighted by Crippen LogP contribution is 2.39. The predicted molar refractivity (Wildman–Crippen MR) is 97.6 cm³/mol. The van der Waals surface area contributed by atoms with E-state index in [0.29, 0.717) is 16.9 Å². The Morgan fingerprint density at radius 3 is 2.81 bits per heavy atom. The van der Waals surface area contributed by atoms with Crippen molar-refractivity contribution in [2.24, 2.45) is 5.92 Å². The summed E-state index contributed by atoms with van der Waals surface area (Å²) in [5.74, 6) is -1.37. The third kappa shape index (κ3) is 3.50. The van der Waals surface area contributed by atoms with Crippen LogP contribution in [0, 0.1) is 5.92 Å². The van der Waals surface area contributed by atoms with Crippen LogP contribution in [-0.2, 0) is 23.8 Å². The van der Waals surface area contributed by atoms with Crippen molar-refractivity contribution in [1.82, 2.24) is 0 Å². The van der Waals surface area contributed by atoms with Crippen LogP contribution in [0.4, 0.5) is 0 Å². The van der Waals surface area contributed by atoms with Crippen LogP contribution in [0.5, 0.6) is 0 Å². The Hall–Kier alpha value is -2.22. The largest absolute Gasteiger partial charge is 0.458 e. The summed E-state index contributed by atoms with van der Waals surface area (Å²) in [6.45, 7) is 5.78. The minimum atomic E-state index is -1.13. The SMILES string of the molecule is C=C1C(=O)O[C@H]2CC3=C[C@@H](C/C(C)=C/[C@@H](OC(O)c4cccs4)[C@H]12)OC3=O. The zero-order chi connectivity index (χ0) is 19.1. The second-order valence-corrected chi connectivity index (χ2v) is 8.00. The van der Waals surface area contributed by atoms with Gasteiger partial charge < -0.3 is 19.3 Å². The molecule has 1 unspecified atom stereocenters. The van der Waals surface area contributed by atoms with Crippen LogP contribution in [0.25, 0.3) is 0 Å². The van der Waals surface area contributed by atoms with Gasteiger partial charge in [-0.1, -0.05) is 24.3 Å². The highest BCUT2D eigenvalue weighted by atomic mass is 32.1. The maximum Gasteiger partial charge on any atom is 0.334 e. The summed E-state index contributed by atoms with van der Waals surface area (Å²) >= 11 is 1.38. The van der Waals surface area contributed by atoms with Crippen LogP contribution < -0.4 is 0 Å². The van der Waals surface area contributed by atoms with Crippen LogP contribution >= 0.6 is 11.3 Å². The highest BCUT2D eigenvalue weighted by molar-refractivity contribution is 7.10. The molecule has 0 spiro atoms. The summed E-state index contributed by atoms with van der Waals surface area (Å²) in [5, 5.41) is 12.3. The summed E-state index contributed by atoms with van der Waals surface area (Å²) in [5.41, 5.74) is 1.72. The first-order valence-corrected chi connectivity index (χ1v) is 9.66. The summed E-state index contributed by atoms with van der Waals surface area (Å²) < 4.78 is 16.8. The first kappa shape index (κ1) is 18.2. The molecule has 1 aromatic rings. The van der Waals surface area contributed by atoms with Gasteiger partial charge in [0.1, 0.15) is 12.2 Å². The van der Waals surface area contributed by atoms with Crippen LogP contribution in [0.3, 0.4) is 0 Å². The average Bonchev–Trinajstić information content (AvgIpc) is 3.30. The molecule has 3 aliphatic rings. The molecule has 0 amide bonds. The Morgan fingerprint density at radius 2 is 2.07 bits per heavy atom. The Labute approximate surface area is 160 Å². The molecule has 6 nitrogen and oxygen atoms in total. The molecule has 0 radical (unpaired) electrons. The van der Waals surface area contributed by atoms with Crippen LogP contribution in [0.1, 0.15) is 30.9 Å². The van der Waals surface area contributed by atoms with Gasteiger partial charge in [0.15, 0.2) is 6.29 Å². The van der Waals surface area contributed by atoms with E-state index in [1.807, 2.05) is 24.4 Å². The number of aliphatic hydroxyl groups is 1. The van der Waals surface area contributed by atoms with Crippen molar-refractivity contribution in [3.05, 3.63) is 57.8 Å².